The molecule has 6 nitrogen and oxygen atoms in total. The second-order valence-electron chi connectivity index (χ2n) is 6.28. The third-order valence-corrected chi connectivity index (χ3v) is 4.56. The van der Waals surface area contributed by atoms with Gasteiger partial charge in [0.25, 0.3) is 0 Å². The summed E-state index contributed by atoms with van der Waals surface area (Å²) in [5.74, 6) is 0.867. The minimum atomic E-state index is -0.0916. The van der Waals surface area contributed by atoms with Crippen LogP contribution in [-0.2, 0) is 9.53 Å². The Labute approximate surface area is 150 Å². The molecular formula is C19H30N4O2. The lowest BCUT2D eigenvalue weighted by molar-refractivity contribution is -0.146. The van der Waals surface area contributed by atoms with Gasteiger partial charge in [0.05, 0.1) is 19.6 Å². The van der Waals surface area contributed by atoms with Crippen LogP contribution in [0.25, 0.3) is 0 Å². The summed E-state index contributed by atoms with van der Waals surface area (Å²) in [6, 6.07) is 10.3. The number of carbonyl (C=O) groups is 1. The average molecular weight is 346 g/mol. The molecule has 0 spiro atoms. The van der Waals surface area contributed by atoms with Gasteiger partial charge in [-0.2, -0.15) is 0 Å². The summed E-state index contributed by atoms with van der Waals surface area (Å²) in [6.45, 7) is 6.17. The highest BCUT2D eigenvalue weighted by atomic mass is 16.5. The van der Waals surface area contributed by atoms with Crippen molar-refractivity contribution in [2.45, 2.75) is 19.8 Å². The SMILES string of the molecule is CCNC(=NCCN(C)c1ccccc1)N1CCC(C(=O)OC)CC1. The highest BCUT2D eigenvalue weighted by molar-refractivity contribution is 5.80. The number of anilines is 1. The molecule has 0 aliphatic carbocycles. The number of rotatable bonds is 6. The first-order chi connectivity index (χ1) is 12.2. The molecule has 0 radical (unpaired) electrons. The fourth-order valence-electron chi connectivity index (χ4n) is 3.04. The summed E-state index contributed by atoms with van der Waals surface area (Å²) in [5.41, 5.74) is 1.20. The Kier molecular flexibility index (Phi) is 7.57. The first-order valence-electron chi connectivity index (χ1n) is 9.03. The van der Waals surface area contributed by atoms with Crippen molar-refractivity contribution in [2.75, 3.05) is 51.8 Å². The first kappa shape index (κ1) is 19.1. The van der Waals surface area contributed by atoms with Crippen molar-refractivity contribution in [3.8, 4) is 0 Å². The van der Waals surface area contributed by atoms with Crippen molar-refractivity contribution >= 4 is 17.6 Å². The number of aliphatic imine (C=N–C) groups is 1. The number of hydrogen-bond acceptors (Lipinski definition) is 4. The highest BCUT2D eigenvalue weighted by Gasteiger charge is 2.26. The second-order valence-corrected chi connectivity index (χ2v) is 6.28. The number of methoxy groups -OCH3 is 1. The van der Waals surface area contributed by atoms with Crippen molar-refractivity contribution in [1.82, 2.24) is 10.2 Å². The number of guanidine groups is 1. The van der Waals surface area contributed by atoms with Crippen molar-refractivity contribution in [3.05, 3.63) is 30.3 Å². The molecule has 1 aliphatic heterocycles. The summed E-state index contributed by atoms with van der Waals surface area (Å²) < 4.78 is 4.86. The van der Waals surface area contributed by atoms with Gasteiger partial charge in [0, 0.05) is 38.9 Å². The van der Waals surface area contributed by atoms with E-state index in [1.807, 2.05) is 18.2 Å². The van der Waals surface area contributed by atoms with E-state index in [4.69, 9.17) is 9.73 Å². The minimum Gasteiger partial charge on any atom is -0.469 e. The molecule has 1 heterocycles. The number of likely N-dealkylation sites (tertiary alicyclic amines) is 1. The van der Waals surface area contributed by atoms with Crippen LogP contribution < -0.4 is 10.2 Å². The second kappa shape index (κ2) is 9.91. The van der Waals surface area contributed by atoms with E-state index < -0.39 is 0 Å². The van der Waals surface area contributed by atoms with Crippen molar-refractivity contribution in [1.29, 1.82) is 0 Å². The predicted octanol–water partition coefficient (Wildman–Crippen LogP) is 1.97. The summed E-state index contributed by atoms with van der Waals surface area (Å²) >= 11 is 0. The maximum Gasteiger partial charge on any atom is 0.308 e. The van der Waals surface area contributed by atoms with E-state index in [2.05, 4.69) is 41.2 Å². The molecule has 0 saturated carbocycles. The monoisotopic (exact) mass is 346 g/mol. The molecule has 0 unspecified atom stereocenters. The number of nitrogens with one attached hydrogen (secondary N) is 1. The summed E-state index contributed by atoms with van der Waals surface area (Å²) in [4.78, 5) is 20.9. The molecule has 1 aromatic carbocycles. The number of carbonyl (C=O) groups excluding carboxylic acids is 1. The minimum absolute atomic E-state index is 0.0216. The Morgan fingerprint density at radius 1 is 1.32 bits per heavy atom. The normalized spacial score (nSPS) is 15.8. The van der Waals surface area contributed by atoms with Crippen LogP contribution in [0.15, 0.2) is 35.3 Å². The van der Waals surface area contributed by atoms with Crippen molar-refractivity contribution < 1.29 is 9.53 Å². The number of hydrogen-bond donors (Lipinski definition) is 1. The Hall–Kier alpha value is -2.24. The first-order valence-corrected chi connectivity index (χ1v) is 9.03. The zero-order valence-corrected chi connectivity index (χ0v) is 15.6. The Bertz CT molecular complexity index is 554. The van der Waals surface area contributed by atoms with Crippen LogP contribution in [0.1, 0.15) is 19.8 Å². The van der Waals surface area contributed by atoms with E-state index in [9.17, 15) is 4.79 Å². The van der Waals surface area contributed by atoms with Crippen LogP contribution in [0, 0.1) is 5.92 Å². The molecule has 6 heteroatoms. The standard InChI is InChI=1S/C19H30N4O2/c1-4-20-19(23-13-10-16(11-14-23)18(24)25-3)21-12-15-22(2)17-8-6-5-7-9-17/h5-9,16H,4,10-15H2,1-3H3,(H,20,21). The van der Waals surface area contributed by atoms with Gasteiger partial charge in [-0.05, 0) is 31.9 Å². The smallest absolute Gasteiger partial charge is 0.308 e. The quantitative estimate of drug-likeness (QED) is 0.485. The fraction of sp³-hybridized carbons (Fsp3) is 0.579. The average Bonchev–Trinajstić information content (AvgIpc) is 2.67. The maximum atomic E-state index is 11.7. The largest absolute Gasteiger partial charge is 0.469 e. The third-order valence-electron chi connectivity index (χ3n) is 4.56. The number of piperidine rings is 1. The number of nitrogens with zero attached hydrogens (tertiary/aromatic N) is 3. The lowest BCUT2D eigenvalue weighted by atomic mass is 9.97. The number of para-hydroxylation sites is 1. The molecule has 1 aliphatic rings. The Morgan fingerprint density at radius 3 is 2.60 bits per heavy atom. The molecule has 1 aromatic rings. The Balaban J connectivity index is 1.87. The van der Waals surface area contributed by atoms with Gasteiger partial charge in [0.2, 0.25) is 0 Å². The molecule has 1 N–H and O–H groups in total. The number of benzene rings is 1. The van der Waals surface area contributed by atoms with E-state index in [0.29, 0.717) is 0 Å². The molecule has 1 fully saturated rings. The van der Waals surface area contributed by atoms with Gasteiger partial charge in [-0.15, -0.1) is 0 Å². The van der Waals surface area contributed by atoms with Crippen LogP contribution >= 0.6 is 0 Å². The van der Waals surface area contributed by atoms with Gasteiger partial charge in [-0.3, -0.25) is 9.79 Å². The molecule has 0 bridgehead atoms. The van der Waals surface area contributed by atoms with Crippen LogP contribution in [-0.4, -0.2) is 63.7 Å². The van der Waals surface area contributed by atoms with Crippen LogP contribution in [0.3, 0.4) is 0 Å². The van der Waals surface area contributed by atoms with Gasteiger partial charge in [-0.25, -0.2) is 0 Å². The lowest BCUT2D eigenvalue weighted by Crippen LogP contribution is -2.47. The summed E-state index contributed by atoms with van der Waals surface area (Å²) in [7, 11) is 3.54. The molecule has 1 saturated heterocycles. The van der Waals surface area contributed by atoms with Gasteiger partial charge in [0.1, 0.15) is 0 Å². The van der Waals surface area contributed by atoms with E-state index in [1.165, 1.54) is 12.8 Å². The lowest BCUT2D eigenvalue weighted by Gasteiger charge is -2.33. The topological polar surface area (TPSA) is 57.2 Å². The number of esters is 1. The van der Waals surface area contributed by atoms with Gasteiger partial charge in [-0.1, -0.05) is 18.2 Å². The van der Waals surface area contributed by atoms with E-state index in [0.717, 1.165) is 51.5 Å². The number of ether oxygens (including phenoxy) is 1. The van der Waals surface area contributed by atoms with Gasteiger partial charge < -0.3 is 19.9 Å². The maximum absolute atomic E-state index is 11.7. The van der Waals surface area contributed by atoms with Gasteiger partial charge >= 0.3 is 5.97 Å². The molecule has 138 valence electrons. The molecule has 0 amide bonds. The predicted molar refractivity (Wildman–Crippen MR) is 102 cm³/mol. The number of likely N-dealkylation sites (N-methyl/N-ethyl adjacent to an activating group) is 1. The van der Waals surface area contributed by atoms with Crippen LogP contribution in [0.2, 0.25) is 0 Å². The van der Waals surface area contributed by atoms with Crippen molar-refractivity contribution in [2.24, 2.45) is 10.9 Å². The van der Waals surface area contributed by atoms with E-state index >= 15 is 0 Å². The van der Waals surface area contributed by atoms with E-state index in [1.54, 1.807) is 0 Å². The molecule has 0 atom stereocenters. The summed E-state index contributed by atoms with van der Waals surface area (Å²) in [6.07, 6.45) is 1.64. The molecule has 0 aromatic heterocycles. The molecular weight excluding hydrogens is 316 g/mol. The zero-order chi connectivity index (χ0) is 18.1. The summed E-state index contributed by atoms with van der Waals surface area (Å²) in [5, 5.41) is 3.37. The molecule has 25 heavy (non-hydrogen) atoms. The van der Waals surface area contributed by atoms with E-state index in [-0.39, 0.29) is 11.9 Å². The third kappa shape index (κ3) is 5.66. The Morgan fingerprint density at radius 2 is 2.00 bits per heavy atom. The molecule has 2 rings (SSSR count). The van der Waals surface area contributed by atoms with Crippen molar-refractivity contribution in [3.63, 3.8) is 0 Å². The zero-order valence-electron chi connectivity index (χ0n) is 15.6. The van der Waals surface area contributed by atoms with Crippen LogP contribution in [0.5, 0.6) is 0 Å². The van der Waals surface area contributed by atoms with Crippen LogP contribution in [0.4, 0.5) is 5.69 Å². The van der Waals surface area contributed by atoms with Gasteiger partial charge in [0.15, 0.2) is 5.96 Å². The fourth-order valence-corrected chi connectivity index (χ4v) is 3.04. The highest BCUT2D eigenvalue weighted by Crippen LogP contribution is 2.18.